The minimum absolute atomic E-state index is 0.0652. The summed E-state index contributed by atoms with van der Waals surface area (Å²) in [6, 6.07) is 8.59. The van der Waals surface area contributed by atoms with Gasteiger partial charge in [-0.3, -0.25) is 0 Å². The minimum atomic E-state index is 0.0652. The summed E-state index contributed by atoms with van der Waals surface area (Å²) in [5.74, 6) is 1.00. The number of fused-ring (bicyclic) bond motifs is 1. The number of hydrogen-bond donors (Lipinski definition) is 1. The lowest BCUT2D eigenvalue weighted by molar-refractivity contribution is 0.291. The third-order valence-corrected chi connectivity index (χ3v) is 4.66. The zero-order valence-corrected chi connectivity index (χ0v) is 14.2. The van der Waals surface area contributed by atoms with Crippen LogP contribution in [0.25, 0.3) is 0 Å². The van der Waals surface area contributed by atoms with Crippen LogP contribution in [-0.2, 0) is 5.41 Å². The molecule has 3 rings (SSSR count). The fraction of sp³-hybridized carbons (Fsp3) is 0.412. The first kappa shape index (κ1) is 14.7. The Morgan fingerprint density at radius 1 is 1.33 bits per heavy atom. The first-order valence-corrected chi connectivity index (χ1v) is 8.05. The monoisotopic (exact) mass is 349 g/mol. The van der Waals surface area contributed by atoms with Crippen LogP contribution in [0.5, 0.6) is 5.75 Å². The zero-order chi connectivity index (χ0) is 15.0. The van der Waals surface area contributed by atoms with E-state index < -0.39 is 0 Å². The molecule has 0 saturated heterocycles. The highest BCUT2D eigenvalue weighted by Gasteiger charge is 2.32. The first-order chi connectivity index (χ1) is 10.0. The highest BCUT2D eigenvalue weighted by atomic mass is 79.9. The molecule has 4 heteroatoms. The molecule has 0 bridgehead atoms. The molecule has 1 N–H and O–H groups in total. The maximum absolute atomic E-state index is 5.77. The highest BCUT2D eigenvalue weighted by Crippen LogP contribution is 2.40. The summed E-state index contributed by atoms with van der Waals surface area (Å²) < 4.78 is 12.0. The molecule has 1 aliphatic rings. The second kappa shape index (κ2) is 5.50. The minimum Gasteiger partial charge on any atom is -0.492 e. The molecule has 0 saturated carbocycles. The van der Waals surface area contributed by atoms with E-state index in [1.165, 1.54) is 11.1 Å². The van der Waals surface area contributed by atoms with E-state index in [1.54, 1.807) is 6.26 Å². The molecule has 0 aliphatic carbocycles. The van der Waals surface area contributed by atoms with Crippen molar-refractivity contribution in [1.29, 1.82) is 0 Å². The molecule has 1 unspecified atom stereocenters. The summed E-state index contributed by atoms with van der Waals surface area (Å²) in [5.41, 5.74) is 3.70. The number of ether oxygens (including phenoxy) is 1. The number of hydrogen-bond acceptors (Lipinski definition) is 3. The van der Waals surface area contributed by atoms with Gasteiger partial charge in [0.2, 0.25) is 0 Å². The molecule has 1 aromatic carbocycles. The van der Waals surface area contributed by atoms with Gasteiger partial charge in [-0.15, -0.1) is 0 Å². The summed E-state index contributed by atoms with van der Waals surface area (Å²) in [6.07, 6.45) is 1.71. The van der Waals surface area contributed by atoms with Crippen molar-refractivity contribution in [3.05, 3.63) is 51.9 Å². The lowest BCUT2D eigenvalue weighted by Crippen LogP contribution is -2.23. The van der Waals surface area contributed by atoms with Crippen LogP contribution >= 0.6 is 15.9 Å². The van der Waals surface area contributed by atoms with Gasteiger partial charge in [0.05, 0.1) is 18.9 Å². The topological polar surface area (TPSA) is 34.4 Å². The zero-order valence-electron chi connectivity index (χ0n) is 12.6. The third kappa shape index (κ3) is 2.62. The van der Waals surface area contributed by atoms with Crippen molar-refractivity contribution in [3.8, 4) is 5.75 Å². The van der Waals surface area contributed by atoms with Gasteiger partial charge in [0.1, 0.15) is 5.75 Å². The Balaban J connectivity index is 2.04. The second-order valence-electron chi connectivity index (χ2n) is 6.07. The van der Waals surface area contributed by atoms with Gasteiger partial charge in [-0.05, 0) is 46.2 Å². The van der Waals surface area contributed by atoms with Crippen LogP contribution in [0.1, 0.15) is 43.5 Å². The number of rotatable bonds is 4. The third-order valence-electron chi connectivity index (χ3n) is 4.02. The molecule has 1 aromatic heterocycles. The molecule has 0 fully saturated rings. The van der Waals surface area contributed by atoms with Crippen LogP contribution < -0.4 is 10.1 Å². The van der Waals surface area contributed by atoms with Gasteiger partial charge in [-0.1, -0.05) is 26.8 Å². The maximum atomic E-state index is 5.77. The van der Waals surface area contributed by atoms with Crippen LogP contribution in [0.4, 0.5) is 0 Å². The van der Waals surface area contributed by atoms with E-state index in [2.05, 4.69) is 60.2 Å². The number of benzene rings is 1. The van der Waals surface area contributed by atoms with E-state index in [9.17, 15) is 0 Å². The van der Waals surface area contributed by atoms with Crippen LogP contribution in [0.2, 0.25) is 0 Å². The molecule has 0 radical (unpaired) electrons. The molecule has 1 aliphatic heterocycles. The van der Waals surface area contributed by atoms with Crippen molar-refractivity contribution in [3.63, 3.8) is 0 Å². The van der Waals surface area contributed by atoms with E-state index in [0.29, 0.717) is 0 Å². The van der Waals surface area contributed by atoms with Crippen molar-refractivity contribution >= 4 is 15.9 Å². The summed E-state index contributed by atoms with van der Waals surface area (Å²) in [4.78, 5) is 0. The van der Waals surface area contributed by atoms with Crippen LogP contribution in [0.3, 0.4) is 0 Å². The molecular formula is C17H20BrNO2. The Morgan fingerprint density at radius 2 is 2.14 bits per heavy atom. The van der Waals surface area contributed by atoms with Gasteiger partial charge in [0.15, 0.2) is 4.67 Å². The molecule has 0 amide bonds. The van der Waals surface area contributed by atoms with Gasteiger partial charge in [-0.25, -0.2) is 0 Å². The van der Waals surface area contributed by atoms with Gasteiger partial charge in [-0.2, -0.15) is 0 Å². The predicted molar refractivity (Wildman–Crippen MR) is 86.9 cm³/mol. The average Bonchev–Trinajstić information content (AvgIpc) is 3.00. The molecule has 1 atom stereocenters. The average molecular weight is 350 g/mol. The van der Waals surface area contributed by atoms with Gasteiger partial charge >= 0.3 is 0 Å². The van der Waals surface area contributed by atoms with Gasteiger partial charge in [0.25, 0.3) is 0 Å². The first-order valence-electron chi connectivity index (χ1n) is 7.26. The predicted octanol–water partition coefficient (Wildman–Crippen LogP) is 4.41. The van der Waals surface area contributed by atoms with E-state index >= 15 is 0 Å². The van der Waals surface area contributed by atoms with Gasteiger partial charge in [0, 0.05) is 16.5 Å². The number of nitrogens with one attached hydrogen (secondary N) is 1. The fourth-order valence-electron chi connectivity index (χ4n) is 2.84. The summed E-state index contributed by atoms with van der Waals surface area (Å²) in [5, 5.41) is 3.53. The van der Waals surface area contributed by atoms with Crippen molar-refractivity contribution < 1.29 is 9.15 Å². The van der Waals surface area contributed by atoms with Crippen molar-refractivity contribution in [2.24, 2.45) is 0 Å². The standard InChI is InChI=1S/C17H20BrNO2/c1-4-19-15(12-7-8-20-16(12)18)11-5-6-14-13(9-11)17(2,3)10-21-14/h5-9,15,19H,4,10H2,1-3H3. The lowest BCUT2D eigenvalue weighted by atomic mass is 9.85. The summed E-state index contributed by atoms with van der Waals surface area (Å²) in [6.45, 7) is 8.19. The van der Waals surface area contributed by atoms with E-state index in [0.717, 1.165) is 29.1 Å². The summed E-state index contributed by atoms with van der Waals surface area (Å²) in [7, 11) is 0. The Morgan fingerprint density at radius 3 is 2.81 bits per heavy atom. The van der Waals surface area contributed by atoms with Crippen molar-refractivity contribution in [1.82, 2.24) is 5.32 Å². The molecule has 21 heavy (non-hydrogen) atoms. The fourth-order valence-corrected chi connectivity index (χ4v) is 3.31. The van der Waals surface area contributed by atoms with Crippen LogP contribution in [0, 0.1) is 0 Å². The smallest absolute Gasteiger partial charge is 0.174 e. The number of furan rings is 1. The van der Waals surface area contributed by atoms with Gasteiger partial charge < -0.3 is 14.5 Å². The quantitative estimate of drug-likeness (QED) is 0.887. The van der Waals surface area contributed by atoms with E-state index in [4.69, 9.17) is 9.15 Å². The number of halogens is 1. The maximum Gasteiger partial charge on any atom is 0.174 e. The lowest BCUT2D eigenvalue weighted by Gasteiger charge is -2.21. The SMILES string of the molecule is CCNC(c1ccc2c(c1)C(C)(C)CO2)c1ccoc1Br. The highest BCUT2D eigenvalue weighted by molar-refractivity contribution is 9.10. The normalized spacial score (nSPS) is 17.3. The second-order valence-corrected chi connectivity index (χ2v) is 6.79. The molecule has 0 spiro atoms. The van der Waals surface area contributed by atoms with Crippen LogP contribution in [-0.4, -0.2) is 13.2 Å². The molecule has 3 nitrogen and oxygen atoms in total. The van der Waals surface area contributed by atoms with E-state index in [1.807, 2.05) is 6.07 Å². The Labute approximate surface area is 133 Å². The molecule has 2 aromatic rings. The molecule has 2 heterocycles. The Hall–Kier alpha value is -1.26. The van der Waals surface area contributed by atoms with Crippen molar-refractivity contribution in [2.45, 2.75) is 32.2 Å². The van der Waals surface area contributed by atoms with Crippen molar-refractivity contribution in [2.75, 3.05) is 13.2 Å². The largest absolute Gasteiger partial charge is 0.492 e. The summed E-state index contributed by atoms with van der Waals surface area (Å²) >= 11 is 3.49. The van der Waals surface area contributed by atoms with E-state index in [-0.39, 0.29) is 11.5 Å². The molecule has 112 valence electrons. The molecular weight excluding hydrogens is 330 g/mol. The van der Waals surface area contributed by atoms with Crippen LogP contribution in [0.15, 0.2) is 39.6 Å². The Bertz CT molecular complexity index is 648. The Kier molecular flexibility index (Phi) is 3.84.